The highest BCUT2D eigenvalue weighted by molar-refractivity contribution is 5.69. The molecule has 1 aliphatic rings. The lowest BCUT2D eigenvalue weighted by Crippen LogP contribution is -2.10. The van der Waals surface area contributed by atoms with Gasteiger partial charge in [0.2, 0.25) is 0 Å². The second-order valence-electron chi connectivity index (χ2n) is 4.44. The normalized spacial score (nSPS) is 13.4. The van der Waals surface area contributed by atoms with Gasteiger partial charge >= 0.3 is 0 Å². The van der Waals surface area contributed by atoms with Crippen LogP contribution in [-0.4, -0.2) is 13.2 Å². The summed E-state index contributed by atoms with van der Waals surface area (Å²) in [7, 11) is 0. The first-order chi connectivity index (χ1) is 8.88. The van der Waals surface area contributed by atoms with Gasteiger partial charge in [0.15, 0.2) is 0 Å². The van der Waals surface area contributed by atoms with Gasteiger partial charge in [-0.25, -0.2) is 0 Å². The largest absolute Gasteiger partial charge is 0.492 e. The summed E-state index contributed by atoms with van der Waals surface area (Å²) in [5.41, 5.74) is 2.34. The molecule has 0 unspecified atom stereocenters. The molecule has 0 amide bonds. The van der Waals surface area contributed by atoms with Gasteiger partial charge in [-0.15, -0.1) is 0 Å². The van der Waals surface area contributed by atoms with Crippen LogP contribution in [0, 0.1) is 0 Å². The molecule has 0 saturated carbocycles. The minimum absolute atomic E-state index is 0.770. The van der Waals surface area contributed by atoms with Crippen molar-refractivity contribution in [2.75, 3.05) is 13.2 Å². The SMILES string of the molecule is CCNCc1ccc(-c2cccc3c2OCC3)o1. The Hall–Kier alpha value is -1.74. The molecule has 2 aromatic rings. The van der Waals surface area contributed by atoms with Gasteiger partial charge in [0.25, 0.3) is 0 Å². The van der Waals surface area contributed by atoms with Crippen LogP contribution in [0.3, 0.4) is 0 Å². The molecule has 1 N–H and O–H groups in total. The first-order valence-corrected chi connectivity index (χ1v) is 6.43. The number of rotatable bonds is 4. The fraction of sp³-hybridized carbons (Fsp3) is 0.333. The number of nitrogens with one attached hydrogen (secondary N) is 1. The van der Waals surface area contributed by atoms with Crippen LogP contribution in [0.25, 0.3) is 11.3 Å². The average molecular weight is 243 g/mol. The molecule has 0 radical (unpaired) electrons. The minimum Gasteiger partial charge on any atom is -0.492 e. The van der Waals surface area contributed by atoms with Crippen LogP contribution >= 0.6 is 0 Å². The summed E-state index contributed by atoms with van der Waals surface area (Å²) < 4.78 is 11.6. The second-order valence-corrected chi connectivity index (χ2v) is 4.44. The first-order valence-electron chi connectivity index (χ1n) is 6.43. The Bertz CT molecular complexity index is 545. The summed E-state index contributed by atoms with van der Waals surface area (Å²) in [6, 6.07) is 10.3. The van der Waals surface area contributed by atoms with E-state index < -0.39 is 0 Å². The van der Waals surface area contributed by atoms with E-state index in [2.05, 4.69) is 30.4 Å². The molecule has 0 fully saturated rings. The molecule has 0 atom stereocenters. The molecule has 1 aromatic heterocycles. The van der Waals surface area contributed by atoms with E-state index in [4.69, 9.17) is 9.15 Å². The fourth-order valence-electron chi connectivity index (χ4n) is 2.28. The lowest BCUT2D eigenvalue weighted by Gasteiger charge is -2.05. The molecule has 1 aromatic carbocycles. The number of benzene rings is 1. The Morgan fingerprint density at radius 1 is 1.22 bits per heavy atom. The van der Waals surface area contributed by atoms with Crippen LogP contribution in [0.5, 0.6) is 5.75 Å². The van der Waals surface area contributed by atoms with Crippen molar-refractivity contribution in [3.8, 4) is 17.1 Å². The van der Waals surface area contributed by atoms with Crippen molar-refractivity contribution in [1.29, 1.82) is 0 Å². The summed E-state index contributed by atoms with van der Waals surface area (Å²) >= 11 is 0. The molecule has 3 nitrogen and oxygen atoms in total. The number of para-hydroxylation sites is 1. The van der Waals surface area contributed by atoms with Gasteiger partial charge in [-0.2, -0.15) is 0 Å². The van der Waals surface area contributed by atoms with Gasteiger partial charge in [0.1, 0.15) is 17.3 Å². The second kappa shape index (κ2) is 4.86. The topological polar surface area (TPSA) is 34.4 Å². The highest BCUT2D eigenvalue weighted by atomic mass is 16.5. The third-order valence-corrected chi connectivity index (χ3v) is 3.19. The maximum atomic E-state index is 5.85. The number of ether oxygens (including phenoxy) is 1. The Labute approximate surface area is 107 Å². The van der Waals surface area contributed by atoms with E-state index in [1.807, 2.05) is 12.1 Å². The molecule has 18 heavy (non-hydrogen) atoms. The summed E-state index contributed by atoms with van der Waals surface area (Å²) in [5, 5.41) is 3.26. The van der Waals surface area contributed by atoms with Crippen molar-refractivity contribution in [2.24, 2.45) is 0 Å². The molecule has 0 bridgehead atoms. The minimum atomic E-state index is 0.770. The highest BCUT2D eigenvalue weighted by Crippen LogP contribution is 2.37. The predicted octanol–water partition coefficient (Wildman–Crippen LogP) is 2.99. The lowest BCUT2D eigenvalue weighted by molar-refractivity contribution is 0.357. The van der Waals surface area contributed by atoms with Crippen molar-refractivity contribution >= 4 is 0 Å². The van der Waals surface area contributed by atoms with Crippen LogP contribution in [0.2, 0.25) is 0 Å². The number of furan rings is 1. The molecule has 1 aliphatic heterocycles. The Morgan fingerprint density at radius 2 is 2.17 bits per heavy atom. The fourth-order valence-corrected chi connectivity index (χ4v) is 2.28. The van der Waals surface area contributed by atoms with E-state index in [1.165, 1.54) is 5.56 Å². The average Bonchev–Trinajstić information content (AvgIpc) is 3.04. The lowest BCUT2D eigenvalue weighted by atomic mass is 10.1. The van der Waals surface area contributed by atoms with Crippen LogP contribution in [0.15, 0.2) is 34.7 Å². The summed E-state index contributed by atoms with van der Waals surface area (Å²) in [4.78, 5) is 0. The van der Waals surface area contributed by atoms with Crippen molar-refractivity contribution in [1.82, 2.24) is 5.32 Å². The van der Waals surface area contributed by atoms with Gasteiger partial charge in [0, 0.05) is 6.42 Å². The predicted molar refractivity (Wildman–Crippen MR) is 70.7 cm³/mol. The number of fused-ring (bicyclic) bond motifs is 1. The van der Waals surface area contributed by atoms with E-state index in [0.717, 1.165) is 49.0 Å². The summed E-state index contributed by atoms with van der Waals surface area (Å²) in [6.45, 7) is 4.57. The van der Waals surface area contributed by atoms with Crippen LogP contribution < -0.4 is 10.1 Å². The summed E-state index contributed by atoms with van der Waals surface area (Å²) in [5.74, 6) is 2.84. The Morgan fingerprint density at radius 3 is 3.06 bits per heavy atom. The first kappa shape index (κ1) is 11.4. The van der Waals surface area contributed by atoms with Gasteiger partial charge in [-0.05, 0) is 30.3 Å². The van der Waals surface area contributed by atoms with E-state index in [-0.39, 0.29) is 0 Å². The van der Waals surface area contributed by atoms with E-state index in [1.54, 1.807) is 0 Å². The molecule has 0 spiro atoms. The maximum Gasteiger partial charge on any atom is 0.138 e. The van der Waals surface area contributed by atoms with Crippen molar-refractivity contribution in [3.63, 3.8) is 0 Å². The van der Waals surface area contributed by atoms with E-state index in [0.29, 0.717) is 0 Å². The zero-order valence-electron chi connectivity index (χ0n) is 10.5. The third kappa shape index (κ3) is 2.02. The van der Waals surface area contributed by atoms with E-state index >= 15 is 0 Å². The zero-order chi connectivity index (χ0) is 12.4. The Balaban J connectivity index is 1.91. The van der Waals surface area contributed by atoms with Crippen LogP contribution in [0.1, 0.15) is 18.2 Å². The molecular formula is C15H17NO2. The van der Waals surface area contributed by atoms with Crippen LogP contribution in [0.4, 0.5) is 0 Å². The van der Waals surface area contributed by atoms with Crippen molar-refractivity contribution in [3.05, 3.63) is 41.7 Å². The molecule has 3 rings (SSSR count). The molecule has 0 saturated heterocycles. The van der Waals surface area contributed by atoms with Gasteiger partial charge in [-0.1, -0.05) is 19.1 Å². The van der Waals surface area contributed by atoms with Crippen molar-refractivity contribution < 1.29 is 9.15 Å². The highest BCUT2D eigenvalue weighted by Gasteiger charge is 2.18. The third-order valence-electron chi connectivity index (χ3n) is 3.19. The van der Waals surface area contributed by atoms with Crippen molar-refractivity contribution in [2.45, 2.75) is 19.9 Å². The molecule has 3 heteroatoms. The maximum absolute atomic E-state index is 5.85. The summed E-state index contributed by atoms with van der Waals surface area (Å²) in [6.07, 6.45) is 0.994. The number of hydrogen-bond acceptors (Lipinski definition) is 3. The monoisotopic (exact) mass is 243 g/mol. The molecular weight excluding hydrogens is 226 g/mol. The number of hydrogen-bond donors (Lipinski definition) is 1. The Kier molecular flexibility index (Phi) is 3.07. The van der Waals surface area contributed by atoms with Gasteiger partial charge < -0.3 is 14.5 Å². The molecule has 2 heterocycles. The zero-order valence-corrected chi connectivity index (χ0v) is 10.5. The van der Waals surface area contributed by atoms with Crippen LogP contribution in [-0.2, 0) is 13.0 Å². The quantitative estimate of drug-likeness (QED) is 0.896. The molecule has 0 aliphatic carbocycles. The van der Waals surface area contributed by atoms with E-state index in [9.17, 15) is 0 Å². The molecule has 94 valence electrons. The smallest absolute Gasteiger partial charge is 0.138 e. The standard InChI is InChI=1S/C15H17NO2/c1-2-16-10-12-6-7-14(18-12)13-5-3-4-11-8-9-17-15(11)13/h3-7,16H,2,8-10H2,1H3. The van der Waals surface area contributed by atoms with Gasteiger partial charge in [0.05, 0.1) is 18.7 Å². The van der Waals surface area contributed by atoms with Gasteiger partial charge in [-0.3, -0.25) is 0 Å².